The van der Waals surface area contributed by atoms with Gasteiger partial charge in [-0.1, -0.05) is 12.1 Å². The Morgan fingerprint density at radius 1 is 1.22 bits per heavy atom. The van der Waals surface area contributed by atoms with Crippen LogP contribution in [-0.4, -0.2) is 45.2 Å². The number of hydrogen-bond donors (Lipinski definition) is 2. The molecule has 0 bridgehead atoms. The molecule has 2 aromatic rings. The van der Waals surface area contributed by atoms with Crippen molar-refractivity contribution in [2.75, 3.05) is 44.4 Å². The van der Waals surface area contributed by atoms with E-state index in [-0.39, 0.29) is 17.9 Å². The average molecular weight is 370 g/mol. The van der Waals surface area contributed by atoms with E-state index in [1.807, 2.05) is 14.1 Å². The molecule has 1 atom stereocenters. The number of halogens is 1. The zero-order valence-corrected chi connectivity index (χ0v) is 16.1. The van der Waals surface area contributed by atoms with E-state index in [9.17, 15) is 9.18 Å². The normalized spacial score (nSPS) is 14.6. The van der Waals surface area contributed by atoms with Gasteiger partial charge < -0.3 is 20.4 Å². The second-order valence-electron chi connectivity index (χ2n) is 7.23. The molecule has 5 nitrogen and oxygen atoms in total. The van der Waals surface area contributed by atoms with Gasteiger partial charge in [0.1, 0.15) is 5.82 Å². The van der Waals surface area contributed by atoms with Gasteiger partial charge in [-0.25, -0.2) is 9.18 Å². The first-order valence-electron chi connectivity index (χ1n) is 9.25. The molecular formula is C21H27FN4O. The SMILES string of the molecule is CN1CCCc2cc([C@H](CNC(=O)Nc3ccc(F)cc3)N(C)C)ccc21. The summed E-state index contributed by atoms with van der Waals surface area (Å²) in [5.74, 6) is -0.327. The molecule has 1 aliphatic rings. The largest absolute Gasteiger partial charge is 0.374 e. The molecule has 2 N–H and O–H groups in total. The van der Waals surface area contributed by atoms with E-state index >= 15 is 0 Å². The molecule has 0 saturated heterocycles. The summed E-state index contributed by atoms with van der Waals surface area (Å²) in [7, 11) is 6.15. The zero-order valence-electron chi connectivity index (χ0n) is 16.1. The fourth-order valence-electron chi connectivity index (χ4n) is 3.51. The Hall–Kier alpha value is -2.60. The van der Waals surface area contributed by atoms with Gasteiger partial charge in [-0.05, 0) is 68.4 Å². The second kappa shape index (κ2) is 8.39. The molecule has 144 valence electrons. The lowest BCUT2D eigenvalue weighted by Gasteiger charge is -2.30. The fourth-order valence-corrected chi connectivity index (χ4v) is 3.51. The highest BCUT2D eigenvalue weighted by Gasteiger charge is 2.19. The molecule has 0 fully saturated rings. The Kier molecular flexibility index (Phi) is 5.96. The number of anilines is 2. The van der Waals surface area contributed by atoms with Crippen LogP contribution >= 0.6 is 0 Å². The quantitative estimate of drug-likeness (QED) is 0.845. The minimum absolute atomic E-state index is 0.0708. The van der Waals surface area contributed by atoms with Crippen molar-refractivity contribution in [3.63, 3.8) is 0 Å². The van der Waals surface area contributed by atoms with Crippen molar-refractivity contribution in [2.24, 2.45) is 0 Å². The van der Waals surface area contributed by atoms with Crippen molar-refractivity contribution in [1.29, 1.82) is 0 Å². The smallest absolute Gasteiger partial charge is 0.319 e. The van der Waals surface area contributed by atoms with E-state index in [4.69, 9.17) is 0 Å². The molecule has 0 radical (unpaired) electrons. The lowest BCUT2D eigenvalue weighted by atomic mass is 9.96. The first kappa shape index (κ1) is 19.2. The third-order valence-electron chi connectivity index (χ3n) is 5.02. The molecule has 0 unspecified atom stereocenters. The van der Waals surface area contributed by atoms with Gasteiger partial charge in [-0.2, -0.15) is 0 Å². The minimum atomic E-state index is -0.327. The summed E-state index contributed by atoms with van der Waals surface area (Å²) < 4.78 is 13.0. The van der Waals surface area contributed by atoms with Crippen LogP contribution in [0.5, 0.6) is 0 Å². The monoisotopic (exact) mass is 370 g/mol. The van der Waals surface area contributed by atoms with Crippen LogP contribution in [0, 0.1) is 5.82 Å². The van der Waals surface area contributed by atoms with E-state index in [1.54, 1.807) is 12.1 Å². The van der Waals surface area contributed by atoms with Crippen molar-refractivity contribution < 1.29 is 9.18 Å². The summed E-state index contributed by atoms with van der Waals surface area (Å²) in [5.41, 5.74) is 4.41. The summed E-state index contributed by atoms with van der Waals surface area (Å²) >= 11 is 0. The van der Waals surface area contributed by atoms with Gasteiger partial charge in [0.05, 0.1) is 6.04 Å². The van der Waals surface area contributed by atoms with Gasteiger partial charge in [0.2, 0.25) is 0 Å². The van der Waals surface area contributed by atoms with E-state index in [2.05, 4.69) is 45.7 Å². The number of nitrogens with one attached hydrogen (secondary N) is 2. The van der Waals surface area contributed by atoms with Crippen LogP contribution in [0.25, 0.3) is 0 Å². The molecule has 0 spiro atoms. The topological polar surface area (TPSA) is 47.6 Å². The van der Waals surface area contributed by atoms with Gasteiger partial charge in [-0.3, -0.25) is 0 Å². The van der Waals surface area contributed by atoms with Gasteiger partial charge in [-0.15, -0.1) is 0 Å². The lowest BCUT2D eigenvalue weighted by molar-refractivity contribution is 0.243. The van der Waals surface area contributed by atoms with Gasteiger partial charge in [0.15, 0.2) is 0 Å². The molecule has 1 heterocycles. The standard InChI is InChI=1S/C21H27FN4O/c1-25(2)20(14-23-21(27)24-18-9-7-17(22)8-10-18)16-6-11-19-15(13-16)5-4-12-26(19)3/h6-11,13,20H,4-5,12,14H2,1-3H3,(H2,23,24,27)/t20-/m0/s1. The molecule has 0 aliphatic carbocycles. The predicted octanol–water partition coefficient (Wildman–Crippen LogP) is 3.63. The van der Waals surface area contributed by atoms with Crippen molar-refractivity contribution in [3.05, 3.63) is 59.4 Å². The number of fused-ring (bicyclic) bond motifs is 1. The van der Waals surface area contributed by atoms with Crippen molar-refractivity contribution in [1.82, 2.24) is 10.2 Å². The molecule has 2 aromatic carbocycles. The third kappa shape index (κ3) is 4.77. The molecule has 0 saturated carbocycles. The number of rotatable bonds is 5. The lowest BCUT2D eigenvalue weighted by Crippen LogP contribution is -2.37. The highest BCUT2D eigenvalue weighted by molar-refractivity contribution is 5.89. The Labute approximate surface area is 160 Å². The van der Waals surface area contributed by atoms with Crippen LogP contribution in [0.15, 0.2) is 42.5 Å². The number of likely N-dealkylation sites (N-methyl/N-ethyl adjacent to an activating group) is 1. The Morgan fingerprint density at radius 2 is 1.96 bits per heavy atom. The summed E-state index contributed by atoms with van der Waals surface area (Å²) in [4.78, 5) is 16.6. The molecule has 27 heavy (non-hydrogen) atoms. The van der Waals surface area contributed by atoms with Gasteiger partial charge >= 0.3 is 6.03 Å². The summed E-state index contributed by atoms with van der Waals surface area (Å²) in [6.45, 7) is 1.57. The molecule has 2 amide bonds. The average Bonchev–Trinajstić information content (AvgIpc) is 2.64. The number of carbonyl (C=O) groups is 1. The number of amides is 2. The summed E-state index contributed by atoms with van der Waals surface area (Å²) in [6.07, 6.45) is 2.25. The molecule has 3 rings (SSSR count). The Bertz CT molecular complexity index is 791. The molecule has 6 heteroatoms. The van der Waals surface area contributed by atoms with Crippen molar-refractivity contribution in [3.8, 4) is 0 Å². The number of hydrogen-bond acceptors (Lipinski definition) is 3. The van der Waals surface area contributed by atoms with Crippen LogP contribution in [0.1, 0.15) is 23.6 Å². The van der Waals surface area contributed by atoms with Crippen molar-refractivity contribution in [2.45, 2.75) is 18.9 Å². The van der Waals surface area contributed by atoms with Crippen LogP contribution in [0.4, 0.5) is 20.6 Å². The van der Waals surface area contributed by atoms with Crippen LogP contribution < -0.4 is 15.5 Å². The maximum Gasteiger partial charge on any atom is 0.319 e. The molecule has 1 aliphatic heterocycles. The highest BCUT2D eigenvalue weighted by Crippen LogP contribution is 2.29. The van der Waals surface area contributed by atoms with Crippen LogP contribution in [-0.2, 0) is 6.42 Å². The van der Waals surface area contributed by atoms with Crippen molar-refractivity contribution >= 4 is 17.4 Å². The molecule has 0 aromatic heterocycles. The number of benzene rings is 2. The molecular weight excluding hydrogens is 343 g/mol. The predicted molar refractivity (Wildman–Crippen MR) is 108 cm³/mol. The first-order chi connectivity index (χ1) is 12.9. The number of urea groups is 1. The van der Waals surface area contributed by atoms with E-state index in [0.717, 1.165) is 19.4 Å². The maximum absolute atomic E-state index is 13.0. The van der Waals surface area contributed by atoms with Crippen LogP contribution in [0.3, 0.4) is 0 Å². The Morgan fingerprint density at radius 3 is 2.67 bits per heavy atom. The number of carbonyl (C=O) groups excluding carboxylic acids is 1. The first-order valence-corrected chi connectivity index (χ1v) is 9.25. The minimum Gasteiger partial charge on any atom is -0.374 e. The van der Waals surface area contributed by atoms with E-state index in [1.165, 1.54) is 28.9 Å². The highest BCUT2D eigenvalue weighted by atomic mass is 19.1. The fraction of sp³-hybridized carbons (Fsp3) is 0.381. The third-order valence-corrected chi connectivity index (χ3v) is 5.02. The summed E-state index contributed by atoms with van der Waals surface area (Å²) in [6, 6.07) is 12.1. The Balaban J connectivity index is 1.65. The van der Waals surface area contributed by atoms with Gasteiger partial charge in [0, 0.05) is 31.5 Å². The number of nitrogens with zero attached hydrogens (tertiary/aromatic N) is 2. The van der Waals surface area contributed by atoms with E-state index < -0.39 is 0 Å². The number of aryl methyl sites for hydroxylation is 1. The maximum atomic E-state index is 13.0. The van der Waals surface area contributed by atoms with Gasteiger partial charge in [0.25, 0.3) is 0 Å². The summed E-state index contributed by atoms with van der Waals surface area (Å²) in [5, 5.41) is 5.65. The zero-order chi connectivity index (χ0) is 19.4. The van der Waals surface area contributed by atoms with E-state index in [0.29, 0.717) is 12.2 Å². The second-order valence-corrected chi connectivity index (χ2v) is 7.23. The van der Waals surface area contributed by atoms with Crippen LogP contribution in [0.2, 0.25) is 0 Å².